The lowest BCUT2D eigenvalue weighted by Gasteiger charge is -2.24. The predicted octanol–water partition coefficient (Wildman–Crippen LogP) is 2.18. The maximum Gasteiger partial charge on any atom is 0.136 e. The monoisotopic (exact) mass is 138 g/mol. The summed E-state index contributed by atoms with van der Waals surface area (Å²) < 4.78 is 0. The van der Waals surface area contributed by atoms with Gasteiger partial charge in [0.1, 0.15) is 5.78 Å². The van der Waals surface area contributed by atoms with Gasteiger partial charge in [-0.3, -0.25) is 4.79 Å². The lowest BCUT2D eigenvalue weighted by atomic mass is 9.80. The number of hydrogen-bond acceptors (Lipinski definition) is 1. The molecule has 0 aromatic heterocycles. The first-order chi connectivity index (χ1) is 4.75. The second-order valence-electron chi connectivity index (χ2n) is 3.05. The zero-order chi connectivity index (χ0) is 7.56. The van der Waals surface area contributed by atoms with Gasteiger partial charge < -0.3 is 0 Å². The largest absolute Gasteiger partial charge is 0.299 e. The van der Waals surface area contributed by atoms with Crippen molar-refractivity contribution in [3.05, 3.63) is 12.7 Å². The maximum atomic E-state index is 11.1. The average Bonchev–Trinajstić information content (AvgIpc) is 1.95. The molecule has 56 valence electrons. The normalized spacial score (nSPS) is 33.9. The smallest absolute Gasteiger partial charge is 0.136 e. The van der Waals surface area contributed by atoms with E-state index in [9.17, 15) is 4.79 Å². The van der Waals surface area contributed by atoms with Crippen molar-refractivity contribution in [2.24, 2.45) is 11.8 Å². The molecule has 1 aliphatic rings. The minimum absolute atomic E-state index is 0.228. The van der Waals surface area contributed by atoms with Gasteiger partial charge in [-0.2, -0.15) is 0 Å². The third-order valence-electron chi connectivity index (χ3n) is 2.41. The van der Waals surface area contributed by atoms with Crippen LogP contribution >= 0.6 is 0 Å². The standard InChI is InChI=1S/C9H14O/c1-3-8-5-4-6-9(10)7(8)2/h3,7-8H,1,4-6H2,2H3/t7-,8+/m1/s1. The lowest BCUT2D eigenvalue weighted by Crippen LogP contribution is -2.24. The Labute approximate surface area is 62.1 Å². The van der Waals surface area contributed by atoms with Crippen LogP contribution in [0.1, 0.15) is 26.2 Å². The molecule has 1 saturated carbocycles. The van der Waals surface area contributed by atoms with Gasteiger partial charge in [-0.25, -0.2) is 0 Å². The second-order valence-corrected chi connectivity index (χ2v) is 3.05. The van der Waals surface area contributed by atoms with Gasteiger partial charge in [0.2, 0.25) is 0 Å². The third kappa shape index (κ3) is 1.28. The molecule has 1 heteroatoms. The van der Waals surface area contributed by atoms with E-state index < -0.39 is 0 Å². The molecule has 2 atom stereocenters. The van der Waals surface area contributed by atoms with Gasteiger partial charge in [0.05, 0.1) is 0 Å². The zero-order valence-electron chi connectivity index (χ0n) is 6.47. The zero-order valence-corrected chi connectivity index (χ0v) is 6.47. The van der Waals surface area contributed by atoms with Crippen LogP contribution in [-0.2, 0) is 4.79 Å². The van der Waals surface area contributed by atoms with Gasteiger partial charge in [0, 0.05) is 12.3 Å². The molecule has 0 aromatic carbocycles. The fourth-order valence-electron chi connectivity index (χ4n) is 1.55. The van der Waals surface area contributed by atoms with Crippen LogP contribution in [0.5, 0.6) is 0 Å². The maximum absolute atomic E-state index is 11.1. The van der Waals surface area contributed by atoms with Gasteiger partial charge >= 0.3 is 0 Å². The first kappa shape index (κ1) is 7.52. The summed E-state index contributed by atoms with van der Waals surface area (Å²) in [6.45, 7) is 5.72. The van der Waals surface area contributed by atoms with Gasteiger partial charge in [0.25, 0.3) is 0 Å². The molecule has 1 nitrogen and oxygen atoms in total. The van der Waals surface area contributed by atoms with Gasteiger partial charge in [-0.1, -0.05) is 13.0 Å². The van der Waals surface area contributed by atoms with E-state index in [0.717, 1.165) is 19.3 Å². The predicted molar refractivity (Wildman–Crippen MR) is 41.7 cm³/mol. The van der Waals surface area contributed by atoms with E-state index in [-0.39, 0.29) is 5.92 Å². The molecule has 0 bridgehead atoms. The van der Waals surface area contributed by atoms with Crippen molar-refractivity contribution >= 4 is 5.78 Å². The molecule has 0 spiro atoms. The molecule has 1 fully saturated rings. The van der Waals surface area contributed by atoms with Crippen LogP contribution in [0.4, 0.5) is 0 Å². The fourth-order valence-corrected chi connectivity index (χ4v) is 1.55. The minimum Gasteiger partial charge on any atom is -0.299 e. The summed E-state index contributed by atoms with van der Waals surface area (Å²) in [6.07, 6.45) is 4.91. The summed E-state index contributed by atoms with van der Waals surface area (Å²) in [5.41, 5.74) is 0. The first-order valence-corrected chi connectivity index (χ1v) is 3.91. The molecule has 1 rings (SSSR count). The van der Waals surface area contributed by atoms with E-state index in [1.165, 1.54) is 0 Å². The van der Waals surface area contributed by atoms with Crippen molar-refractivity contribution in [1.29, 1.82) is 0 Å². The summed E-state index contributed by atoms with van der Waals surface area (Å²) in [7, 11) is 0. The highest BCUT2D eigenvalue weighted by Gasteiger charge is 2.25. The van der Waals surface area contributed by atoms with Crippen molar-refractivity contribution in [3.8, 4) is 0 Å². The Balaban J connectivity index is 2.59. The Morgan fingerprint density at radius 1 is 1.70 bits per heavy atom. The molecule has 1 aliphatic carbocycles. The SMILES string of the molecule is C=C[C@H]1CCCC(=O)[C@@H]1C. The van der Waals surface area contributed by atoms with Crippen LogP contribution < -0.4 is 0 Å². The van der Waals surface area contributed by atoms with Gasteiger partial charge in [-0.15, -0.1) is 6.58 Å². The summed E-state index contributed by atoms with van der Waals surface area (Å²) >= 11 is 0. The number of carbonyl (C=O) groups is 1. The highest BCUT2D eigenvalue weighted by atomic mass is 16.1. The Morgan fingerprint density at radius 2 is 2.40 bits per heavy atom. The van der Waals surface area contributed by atoms with E-state index in [4.69, 9.17) is 0 Å². The molecule has 10 heavy (non-hydrogen) atoms. The number of hydrogen-bond donors (Lipinski definition) is 0. The van der Waals surface area contributed by atoms with Crippen LogP contribution in [0.25, 0.3) is 0 Å². The molecular weight excluding hydrogens is 124 g/mol. The van der Waals surface area contributed by atoms with E-state index in [1.54, 1.807) is 0 Å². The summed E-state index contributed by atoms with van der Waals surface area (Å²) in [6, 6.07) is 0. The highest BCUT2D eigenvalue weighted by Crippen LogP contribution is 2.27. The van der Waals surface area contributed by atoms with Crippen LogP contribution in [0, 0.1) is 11.8 Å². The van der Waals surface area contributed by atoms with Crippen molar-refractivity contribution in [2.45, 2.75) is 26.2 Å². The highest BCUT2D eigenvalue weighted by molar-refractivity contribution is 5.81. The molecule has 0 amide bonds. The summed E-state index contributed by atoms with van der Waals surface area (Å²) in [5.74, 6) is 1.09. The van der Waals surface area contributed by atoms with Crippen molar-refractivity contribution in [1.82, 2.24) is 0 Å². The Bertz CT molecular complexity index is 149. The van der Waals surface area contributed by atoms with E-state index >= 15 is 0 Å². The minimum atomic E-state index is 0.228. The Morgan fingerprint density at radius 3 is 2.90 bits per heavy atom. The number of ketones is 1. The van der Waals surface area contributed by atoms with Crippen molar-refractivity contribution in [2.75, 3.05) is 0 Å². The fraction of sp³-hybridized carbons (Fsp3) is 0.667. The molecule has 0 aliphatic heterocycles. The molecule has 0 heterocycles. The molecule has 0 unspecified atom stereocenters. The second kappa shape index (κ2) is 3.00. The number of carbonyl (C=O) groups excluding carboxylic acids is 1. The quantitative estimate of drug-likeness (QED) is 0.507. The van der Waals surface area contributed by atoms with Crippen LogP contribution in [0.15, 0.2) is 12.7 Å². The molecule has 0 N–H and O–H groups in total. The summed E-state index contributed by atoms with van der Waals surface area (Å²) in [5, 5.41) is 0. The number of rotatable bonds is 1. The molecule has 0 aromatic rings. The van der Waals surface area contributed by atoms with Crippen LogP contribution in [0.2, 0.25) is 0 Å². The molecular formula is C9H14O. The van der Waals surface area contributed by atoms with Crippen LogP contribution in [0.3, 0.4) is 0 Å². The van der Waals surface area contributed by atoms with E-state index in [2.05, 4.69) is 6.58 Å². The Hall–Kier alpha value is -0.590. The lowest BCUT2D eigenvalue weighted by molar-refractivity contribution is -0.125. The van der Waals surface area contributed by atoms with Crippen molar-refractivity contribution in [3.63, 3.8) is 0 Å². The van der Waals surface area contributed by atoms with Crippen molar-refractivity contribution < 1.29 is 4.79 Å². The number of Topliss-reactive ketones (excluding diaryl/α,β-unsaturated/α-hetero) is 1. The molecule has 0 saturated heterocycles. The van der Waals surface area contributed by atoms with Gasteiger partial charge in [-0.05, 0) is 18.8 Å². The Kier molecular flexibility index (Phi) is 2.25. The average molecular weight is 138 g/mol. The van der Waals surface area contributed by atoms with E-state index in [0.29, 0.717) is 11.7 Å². The third-order valence-corrected chi connectivity index (χ3v) is 2.41. The van der Waals surface area contributed by atoms with Crippen LogP contribution in [-0.4, -0.2) is 5.78 Å². The number of allylic oxidation sites excluding steroid dienone is 1. The van der Waals surface area contributed by atoms with Gasteiger partial charge in [0.15, 0.2) is 0 Å². The first-order valence-electron chi connectivity index (χ1n) is 3.91. The topological polar surface area (TPSA) is 17.1 Å². The summed E-state index contributed by atoms with van der Waals surface area (Å²) in [4.78, 5) is 11.1. The van der Waals surface area contributed by atoms with E-state index in [1.807, 2.05) is 13.0 Å². The molecule has 0 radical (unpaired) electrons.